The van der Waals surface area contributed by atoms with Gasteiger partial charge in [0.25, 0.3) is 0 Å². The van der Waals surface area contributed by atoms with Crippen molar-refractivity contribution in [3.63, 3.8) is 0 Å². The lowest BCUT2D eigenvalue weighted by molar-refractivity contribution is -0.0890. The van der Waals surface area contributed by atoms with Crippen LogP contribution in [0, 0.1) is 12.3 Å². The molecule has 0 bridgehead atoms. The summed E-state index contributed by atoms with van der Waals surface area (Å²) in [7, 11) is 0. The largest absolute Gasteiger partial charge is 0.445 e. The smallest absolute Gasteiger partial charge is 0.411 e. The van der Waals surface area contributed by atoms with Crippen molar-refractivity contribution in [2.45, 2.75) is 58.0 Å². The first kappa shape index (κ1) is 13.5. The summed E-state index contributed by atoms with van der Waals surface area (Å²) in [4.78, 5) is 12.1. The number of ether oxygens (including phenoxy) is 1. The minimum absolute atomic E-state index is 0.131. The number of carbonyl (C=O) groups is 1. The average Bonchev–Trinajstić information content (AvgIpc) is 2.47. The van der Waals surface area contributed by atoms with Crippen LogP contribution in [0.1, 0.15) is 50.5 Å². The third-order valence-electron chi connectivity index (χ3n) is 5.07. The monoisotopic (exact) mass is 273 g/mol. The second-order valence-corrected chi connectivity index (χ2v) is 6.30. The van der Waals surface area contributed by atoms with E-state index in [1.807, 2.05) is 31.2 Å². The minimum Gasteiger partial charge on any atom is -0.445 e. The summed E-state index contributed by atoms with van der Waals surface area (Å²) in [6.07, 6.45) is 8.48. The van der Waals surface area contributed by atoms with E-state index in [1.165, 1.54) is 38.5 Å². The number of para-hydroxylation sites is 1. The highest BCUT2D eigenvalue weighted by atomic mass is 16.6. The first-order chi connectivity index (χ1) is 9.70. The summed E-state index contributed by atoms with van der Waals surface area (Å²) >= 11 is 0. The zero-order valence-electron chi connectivity index (χ0n) is 12.2. The molecule has 0 radical (unpaired) electrons. The maximum Gasteiger partial charge on any atom is 0.411 e. The van der Waals surface area contributed by atoms with Gasteiger partial charge in [-0.25, -0.2) is 4.79 Å². The number of nitrogens with one attached hydrogen (secondary N) is 1. The van der Waals surface area contributed by atoms with Crippen molar-refractivity contribution < 1.29 is 9.53 Å². The SMILES string of the molecule is Cc1ccccc1NC(=O)O[C@H]1CCC12CCCCC2. The van der Waals surface area contributed by atoms with Crippen molar-refractivity contribution in [1.29, 1.82) is 0 Å². The molecule has 2 saturated carbocycles. The standard InChI is InChI=1S/C17H23NO2/c1-13-7-3-4-8-14(13)18-16(19)20-15-9-12-17(15)10-5-2-6-11-17/h3-4,7-8,15H,2,5-6,9-12H2,1H3,(H,18,19)/t15-/m0/s1. The lowest BCUT2D eigenvalue weighted by Crippen LogP contribution is -2.49. The third kappa shape index (κ3) is 2.54. The molecule has 20 heavy (non-hydrogen) atoms. The maximum absolute atomic E-state index is 12.1. The van der Waals surface area contributed by atoms with E-state index >= 15 is 0 Å². The Balaban J connectivity index is 1.58. The van der Waals surface area contributed by atoms with Crippen LogP contribution in [0.15, 0.2) is 24.3 Å². The predicted molar refractivity (Wildman–Crippen MR) is 79.8 cm³/mol. The van der Waals surface area contributed by atoms with Gasteiger partial charge >= 0.3 is 6.09 Å². The first-order valence-electron chi connectivity index (χ1n) is 7.73. The topological polar surface area (TPSA) is 38.3 Å². The lowest BCUT2D eigenvalue weighted by Gasteiger charge is -2.50. The fourth-order valence-corrected chi connectivity index (χ4v) is 3.66. The Labute approximate surface area is 120 Å². The van der Waals surface area contributed by atoms with Gasteiger partial charge in [-0.1, -0.05) is 37.5 Å². The van der Waals surface area contributed by atoms with Crippen LogP contribution in [0.4, 0.5) is 10.5 Å². The quantitative estimate of drug-likeness (QED) is 0.851. The first-order valence-corrected chi connectivity index (χ1v) is 7.73. The highest BCUT2D eigenvalue weighted by molar-refractivity contribution is 5.85. The van der Waals surface area contributed by atoms with Crippen LogP contribution in [-0.2, 0) is 4.74 Å². The van der Waals surface area contributed by atoms with Crippen LogP contribution < -0.4 is 5.32 Å². The Bertz CT molecular complexity index is 492. The van der Waals surface area contributed by atoms with E-state index in [0.29, 0.717) is 5.41 Å². The zero-order chi connectivity index (χ0) is 14.0. The molecule has 1 aromatic rings. The van der Waals surface area contributed by atoms with Crippen LogP contribution in [0.5, 0.6) is 0 Å². The Morgan fingerprint density at radius 1 is 1.20 bits per heavy atom. The zero-order valence-corrected chi connectivity index (χ0v) is 12.2. The van der Waals surface area contributed by atoms with Gasteiger partial charge in [-0.15, -0.1) is 0 Å². The molecule has 1 N–H and O–H groups in total. The van der Waals surface area contributed by atoms with Crippen LogP contribution in [0.25, 0.3) is 0 Å². The van der Waals surface area contributed by atoms with Gasteiger partial charge in [0.05, 0.1) is 0 Å². The molecule has 1 atom stereocenters. The van der Waals surface area contributed by atoms with Gasteiger partial charge in [0.1, 0.15) is 6.10 Å². The fraction of sp³-hybridized carbons (Fsp3) is 0.588. The highest BCUT2D eigenvalue weighted by Gasteiger charge is 2.49. The van der Waals surface area contributed by atoms with Crippen molar-refractivity contribution in [3.8, 4) is 0 Å². The van der Waals surface area contributed by atoms with Gasteiger partial charge in [0.15, 0.2) is 0 Å². The van der Waals surface area contributed by atoms with Crippen LogP contribution in [-0.4, -0.2) is 12.2 Å². The number of aryl methyl sites for hydroxylation is 1. The van der Waals surface area contributed by atoms with E-state index in [9.17, 15) is 4.79 Å². The van der Waals surface area contributed by atoms with Crippen molar-refractivity contribution in [3.05, 3.63) is 29.8 Å². The van der Waals surface area contributed by atoms with Crippen LogP contribution >= 0.6 is 0 Å². The van der Waals surface area contributed by atoms with Crippen molar-refractivity contribution >= 4 is 11.8 Å². The van der Waals surface area contributed by atoms with E-state index in [2.05, 4.69) is 5.32 Å². The highest BCUT2D eigenvalue weighted by Crippen LogP contribution is 2.53. The Kier molecular flexibility index (Phi) is 3.68. The molecule has 2 aliphatic carbocycles. The summed E-state index contributed by atoms with van der Waals surface area (Å²) in [5, 5.41) is 2.87. The normalized spacial score (nSPS) is 23.9. The van der Waals surface area contributed by atoms with E-state index in [1.54, 1.807) is 0 Å². The summed E-state index contributed by atoms with van der Waals surface area (Å²) in [5.41, 5.74) is 2.21. The molecule has 0 heterocycles. The van der Waals surface area contributed by atoms with Gasteiger partial charge < -0.3 is 4.74 Å². The molecular formula is C17H23NO2. The van der Waals surface area contributed by atoms with Crippen molar-refractivity contribution in [2.24, 2.45) is 5.41 Å². The van der Waals surface area contributed by atoms with Gasteiger partial charge in [-0.05, 0) is 44.2 Å². The predicted octanol–water partition coefficient (Wildman–Crippen LogP) is 4.66. The molecule has 0 aromatic heterocycles. The Morgan fingerprint density at radius 2 is 1.95 bits per heavy atom. The molecule has 1 amide bonds. The van der Waals surface area contributed by atoms with Gasteiger partial charge in [0.2, 0.25) is 0 Å². The Morgan fingerprint density at radius 3 is 2.60 bits per heavy atom. The van der Waals surface area contributed by atoms with Crippen LogP contribution in [0.3, 0.4) is 0 Å². The molecule has 3 heteroatoms. The number of hydrogen-bond donors (Lipinski definition) is 1. The fourth-order valence-electron chi connectivity index (χ4n) is 3.66. The molecule has 2 fully saturated rings. The number of anilines is 1. The molecule has 1 spiro atoms. The van der Waals surface area contributed by atoms with Crippen LogP contribution in [0.2, 0.25) is 0 Å². The number of benzene rings is 1. The lowest BCUT2D eigenvalue weighted by atomic mass is 9.58. The van der Waals surface area contributed by atoms with E-state index in [4.69, 9.17) is 4.74 Å². The van der Waals surface area contributed by atoms with E-state index in [0.717, 1.165) is 17.7 Å². The molecular weight excluding hydrogens is 250 g/mol. The molecule has 0 aliphatic heterocycles. The minimum atomic E-state index is -0.297. The van der Waals surface area contributed by atoms with Crippen molar-refractivity contribution in [2.75, 3.05) is 5.32 Å². The average molecular weight is 273 g/mol. The number of carbonyl (C=O) groups excluding carboxylic acids is 1. The Hall–Kier alpha value is -1.51. The van der Waals surface area contributed by atoms with Gasteiger partial charge in [-0.3, -0.25) is 5.32 Å². The number of amides is 1. The molecule has 3 rings (SSSR count). The molecule has 3 nitrogen and oxygen atoms in total. The summed E-state index contributed by atoms with van der Waals surface area (Å²) in [6.45, 7) is 1.99. The molecule has 108 valence electrons. The third-order valence-corrected chi connectivity index (χ3v) is 5.07. The summed E-state index contributed by atoms with van der Waals surface area (Å²) < 4.78 is 5.69. The maximum atomic E-state index is 12.1. The molecule has 1 aromatic carbocycles. The summed E-state index contributed by atoms with van der Waals surface area (Å²) in [6, 6.07) is 7.79. The summed E-state index contributed by atoms with van der Waals surface area (Å²) in [5.74, 6) is 0. The van der Waals surface area contributed by atoms with Gasteiger partial charge in [-0.2, -0.15) is 0 Å². The molecule has 0 unspecified atom stereocenters. The van der Waals surface area contributed by atoms with E-state index in [-0.39, 0.29) is 12.2 Å². The second kappa shape index (κ2) is 5.47. The molecule has 0 saturated heterocycles. The number of rotatable bonds is 2. The van der Waals surface area contributed by atoms with Crippen molar-refractivity contribution in [1.82, 2.24) is 0 Å². The molecule has 2 aliphatic rings. The second-order valence-electron chi connectivity index (χ2n) is 6.30. The van der Waals surface area contributed by atoms with Gasteiger partial charge in [0, 0.05) is 11.1 Å². The number of hydrogen-bond acceptors (Lipinski definition) is 2. The van der Waals surface area contributed by atoms with E-state index < -0.39 is 0 Å².